The van der Waals surface area contributed by atoms with Crippen LogP contribution in [-0.2, 0) is 6.54 Å². The summed E-state index contributed by atoms with van der Waals surface area (Å²) < 4.78 is 1.77. The predicted molar refractivity (Wildman–Crippen MR) is 121 cm³/mol. The number of hydrogen-bond donors (Lipinski definition) is 0. The summed E-state index contributed by atoms with van der Waals surface area (Å²) in [5, 5.41) is 1.24. The topological polar surface area (TPSA) is 33.2 Å². The van der Waals surface area contributed by atoms with Gasteiger partial charge in [0.1, 0.15) is 4.34 Å². The maximum absolute atomic E-state index is 13.3. The van der Waals surface area contributed by atoms with Crippen LogP contribution >= 0.6 is 57.5 Å². The van der Waals surface area contributed by atoms with Crippen LogP contribution in [0.1, 0.15) is 21.5 Å². The summed E-state index contributed by atoms with van der Waals surface area (Å²) in [7, 11) is 0. The highest BCUT2D eigenvalue weighted by molar-refractivity contribution is 7.22. The quantitative estimate of drug-likeness (QED) is 0.312. The normalized spacial score (nSPS) is 11.1. The van der Waals surface area contributed by atoms with Crippen molar-refractivity contribution in [3.63, 3.8) is 0 Å². The molecule has 2 aromatic heterocycles. The Morgan fingerprint density at radius 2 is 1.82 bits per heavy atom. The molecule has 0 spiro atoms. The van der Waals surface area contributed by atoms with E-state index < -0.39 is 0 Å². The van der Waals surface area contributed by atoms with E-state index in [1.807, 2.05) is 49.4 Å². The van der Waals surface area contributed by atoms with E-state index in [-0.39, 0.29) is 5.91 Å². The first-order valence-electron chi connectivity index (χ1n) is 8.29. The second kappa shape index (κ2) is 8.01. The Bertz CT molecular complexity index is 1170. The lowest BCUT2D eigenvalue weighted by Gasteiger charge is -2.19. The minimum atomic E-state index is -0.236. The summed E-state index contributed by atoms with van der Waals surface area (Å²) in [4.78, 5) is 19.7. The highest BCUT2D eigenvalue weighted by Gasteiger charge is 2.25. The van der Waals surface area contributed by atoms with E-state index in [0.717, 1.165) is 21.3 Å². The number of carbonyl (C=O) groups is 1. The number of anilines is 1. The van der Waals surface area contributed by atoms with E-state index in [1.54, 1.807) is 11.0 Å². The van der Waals surface area contributed by atoms with Crippen LogP contribution in [0.5, 0.6) is 0 Å². The highest BCUT2D eigenvalue weighted by atomic mass is 35.5. The van der Waals surface area contributed by atoms with Gasteiger partial charge in [0.15, 0.2) is 5.13 Å². The largest absolute Gasteiger partial charge is 0.279 e. The summed E-state index contributed by atoms with van der Waals surface area (Å²) in [5.41, 5.74) is 3.17. The van der Waals surface area contributed by atoms with Crippen LogP contribution in [0.2, 0.25) is 13.7 Å². The molecule has 4 aromatic rings. The molecule has 142 valence electrons. The van der Waals surface area contributed by atoms with Gasteiger partial charge >= 0.3 is 0 Å². The number of thiazole rings is 1. The van der Waals surface area contributed by atoms with Crippen molar-refractivity contribution in [2.45, 2.75) is 13.5 Å². The Labute approximate surface area is 185 Å². The van der Waals surface area contributed by atoms with E-state index in [4.69, 9.17) is 39.8 Å². The van der Waals surface area contributed by atoms with Crippen LogP contribution < -0.4 is 4.90 Å². The minimum absolute atomic E-state index is 0.236. The molecule has 0 aliphatic carbocycles. The lowest BCUT2D eigenvalue weighted by molar-refractivity contribution is 0.0985. The van der Waals surface area contributed by atoms with Gasteiger partial charge in [0.05, 0.1) is 26.7 Å². The van der Waals surface area contributed by atoms with Gasteiger partial charge in [-0.05, 0) is 36.2 Å². The zero-order valence-electron chi connectivity index (χ0n) is 14.6. The number of amides is 1. The van der Waals surface area contributed by atoms with Crippen LogP contribution in [0.15, 0.2) is 48.5 Å². The predicted octanol–water partition coefficient (Wildman–Crippen LogP) is 7.47. The average molecular weight is 468 g/mol. The standard InChI is InChI=1S/C20H13Cl3N2OS2/c1-11-7-13(21)8-15-17(11)24-20(27-15)25(10-12-5-3-2-4-6-12)19(26)14-9-16(22)28-18(14)23/h2-9H,10H2,1H3. The number of thiophene rings is 1. The van der Waals surface area contributed by atoms with Crippen LogP contribution in [0, 0.1) is 6.92 Å². The van der Waals surface area contributed by atoms with Crippen LogP contribution in [-0.4, -0.2) is 10.9 Å². The van der Waals surface area contributed by atoms with Crippen molar-refractivity contribution < 1.29 is 4.79 Å². The van der Waals surface area contributed by atoms with Crippen molar-refractivity contribution in [1.29, 1.82) is 0 Å². The van der Waals surface area contributed by atoms with Crippen LogP contribution in [0.4, 0.5) is 5.13 Å². The van der Waals surface area contributed by atoms with Gasteiger partial charge in [-0.2, -0.15) is 0 Å². The molecule has 0 saturated heterocycles. The first kappa shape index (κ1) is 19.7. The van der Waals surface area contributed by atoms with Crippen molar-refractivity contribution in [3.8, 4) is 0 Å². The number of aromatic nitrogens is 1. The van der Waals surface area contributed by atoms with Gasteiger partial charge in [0.25, 0.3) is 5.91 Å². The maximum atomic E-state index is 13.3. The zero-order chi connectivity index (χ0) is 19.8. The minimum Gasteiger partial charge on any atom is -0.279 e. The highest BCUT2D eigenvalue weighted by Crippen LogP contribution is 2.37. The van der Waals surface area contributed by atoms with E-state index >= 15 is 0 Å². The Morgan fingerprint density at radius 3 is 2.50 bits per heavy atom. The molecule has 3 nitrogen and oxygen atoms in total. The monoisotopic (exact) mass is 466 g/mol. The number of halogens is 3. The zero-order valence-corrected chi connectivity index (χ0v) is 18.5. The Balaban J connectivity index is 1.82. The molecule has 0 unspecified atom stereocenters. The fraction of sp³-hybridized carbons (Fsp3) is 0.100. The Hall–Kier alpha value is -1.63. The third-order valence-electron chi connectivity index (χ3n) is 4.19. The number of hydrogen-bond acceptors (Lipinski definition) is 4. The van der Waals surface area contributed by atoms with Gasteiger partial charge in [0, 0.05) is 5.02 Å². The summed E-state index contributed by atoms with van der Waals surface area (Å²) in [6.45, 7) is 2.33. The smallest absolute Gasteiger partial charge is 0.262 e. The molecule has 0 saturated carbocycles. The number of nitrogens with zero attached hydrogens (tertiary/aromatic N) is 2. The van der Waals surface area contributed by atoms with Crippen molar-refractivity contribution in [2.24, 2.45) is 0 Å². The maximum Gasteiger partial charge on any atom is 0.262 e. The lowest BCUT2D eigenvalue weighted by atomic mass is 10.2. The fourth-order valence-corrected chi connectivity index (χ4v) is 5.75. The molecule has 0 atom stereocenters. The summed E-state index contributed by atoms with van der Waals surface area (Å²) >= 11 is 21.1. The van der Waals surface area contributed by atoms with Crippen LogP contribution in [0.25, 0.3) is 10.2 Å². The summed E-state index contributed by atoms with van der Waals surface area (Å²) in [6.07, 6.45) is 0. The van der Waals surface area contributed by atoms with Gasteiger partial charge in [-0.15, -0.1) is 11.3 Å². The third kappa shape index (κ3) is 3.91. The number of rotatable bonds is 4. The number of aryl methyl sites for hydroxylation is 1. The van der Waals surface area contributed by atoms with Crippen molar-refractivity contribution in [3.05, 3.63) is 78.9 Å². The number of carbonyl (C=O) groups excluding carboxylic acids is 1. The molecule has 28 heavy (non-hydrogen) atoms. The van der Waals surface area contributed by atoms with E-state index in [2.05, 4.69) is 0 Å². The summed E-state index contributed by atoms with van der Waals surface area (Å²) in [6, 6.07) is 15.1. The number of fused-ring (bicyclic) bond motifs is 1. The first-order chi connectivity index (χ1) is 13.4. The SMILES string of the molecule is Cc1cc(Cl)cc2sc(N(Cc3ccccc3)C(=O)c3cc(Cl)sc3Cl)nc12. The first-order valence-corrected chi connectivity index (χ1v) is 11.1. The van der Waals surface area contributed by atoms with Crippen LogP contribution in [0.3, 0.4) is 0 Å². The average Bonchev–Trinajstić information content (AvgIpc) is 3.22. The van der Waals surface area contributed by atoms with Crippen molar-refractivity contribution in [2.75, 3.05) is 4.90 Å². The second-order valence-electron chi connectivity index (χ2n) is 6.18. The van der Waals surface area contributed by atoms with Crippen molar-refractivity contribution >= 4 is 78.7 Å². The molecule has 0 fully saturated rings. The van der Waals surface area contributed by atoms with Crippen molar-refractivity contribution in [1.82, 2.24) is 4.98 Å². The molecule has 0 aliphatic heterocycles. The number of benzene rings is 2. The Kier molecular flexibility index (Phi) is 5.63. The molecule has 4 rings (SSSR count). The molecule has 0 aliphatic rings. The third-order valence-corrected chi connectivity index (χ3v) is 6.92. The molecule has 1 amide bonds. The van der Waals surface area contributed by atoms with Gasteiger partial charge in [0.2, 0.25) is 0 Å². The molecule has 0 N–H and O–H groups in total. The van der Waals surface area contributed by atoms with E-state index in [9.17, 15) is 4.79 Å². The molecular weight excluding hydrogens is 455 g/mol. The lowest BCUT2D eigenvalue weighted by Crippen LogP contribution is -2.30. The molecular formula is C20H13Cl3N2OS2. The Morgan fingerprint density at radius 1 is 1.07 bits per heavy atom. The molecule has 2 heterocycles. The van der Waals surface area contributed by atoms with E-state index in [1.165, 1.54) is 22.7 Å². The van der Waals surface area contributed by atoms with Gasteiger partial charge in [-0.1, -0.05) is 76.5 Å². The van der Waals surface area contributed by atoms with E-state index in [0.29, 0.717) is 30.9 Å². The second-order valence-corrected chi connectivity index (χ2v) is 9.91. The summed E-state index contributed by atoms with van der Waals surface area (Å²) in [5.74, 6) is -0.236. The van der Waals surface area contributed by atoms with Gasteiger partial charge in [-0.25, -0.2) is 4.98 Å². The molecule has 8 heteroatoms. The molecule has 0 bridgehead atoms. The van der Waals surface area contributed by atoms with Gasteiger partial charge in [-0.3, -0.25) is 9.69 Å². The molecule has 0 radical (unpaired) electrons. The van der Waals surface area contributed by atoms with Gasteiger partial charge < -0.3 is 0 Å². The molecule has 2 aromatic carbocycles. The fourth-order valence-electron chi connectivity index (χ4n) is 2.88.